The number of carbonyl (C=O) groups excluding carboxylic acids is 1. The van der Waals surface area contributed by atoms with Gasteiger partial charge in [0.1, 0.15) is 5.69 Å². The fraction of sp³-hybridized carbons (Fsp3) is 0.300. The van der Waals surface area contributed by atoms with E-state index in [0.29, 0.717) is 30.9 Å². The Morgan fingerprint density at radius 3 is 2.56 bits per heavy atom. The molecular formula is C20H22N4O3. The fourth-order valence-corrected chi connectivity index (χ4v) is 2.71. The zero-order valence-corrected chi connectivity index (χ0v) is 15.2. The number of anilines is 1. The summed E-state index contributed by atoms with van der Waals surface area (Å²) in [5.41, 5.74) is 1.95. The van der Waals surface area contributed by atoms with Crippen LogP contribution in [0.5, 0.6) is 0 Å². The molecule has 2 aromatic carbocycles. The summed E-state index contributed by atoms with van der Waals surface area (Å²) >= 11 is 0. The molecule has 0 atom stereocenters. The van der Waals surface area contributed by atoms with Crippen molar-refractivity contribution in [1.29, 1.82) is 5.26 Å². The van der Waals surface area contributed by atoms with Gasteiger partial charge in [-0.25, -0.2) is 0 Å². The average molecular weight is 366 g/mol. The number of nitro benzene ring substituents is 1. The highest BCUT2D eigenvalue weighted by Gasteiger charge is 2.15. The number of rotatable bonds is 9. The molecule has 0 spiro atoms. The first kappa shape index (κ1) is 19.9. The number of hydrogen-bond acceptors (Lipinski definition) is 5. The molecule has 7 nitrogen and oxygen atoms in total. The van der Waals surface area contributed by atoms with Crippen molar-refractivity contribution in [3.05, 3.63) is 69.8 Å². The Morgan fingerprint density at radius 1 is 1.22 bits per heavy atom. The van der Waals surface area contributed by atoms with Gasteiger partial charge in [-0.05, 0) is 30.2 Å². The molecular weight excluding hydrogens is 344 g/mol. The van der Waals surface area contributed by atoms with E-state index in [1.807, 2.05) is 19.1 Å². The number of benzene rings is 2. The van der Waals surface area contributed by atoms with Crippen molar-refractivity contribution in [2.75, 3.05) is 18.4 Å². The van der Waals surface area contributed by atoms with Crippen molar-refractivity contribution >= 4 is 17.3 Å². The molecule has 0 fully saturated rings. The van der Waals surface area contributed by atoms with Gasteiger partial charge in [-0.15, -0.1) is 0 Å². The topological polar surface area (TPSA) is 99.3 Å². The van der Waals surface area contributed by atoms with Gasteiger partial charge in [0.2, 0.25) is 5.91 Å². The predicted octanol–water partition coefficient (Wildman–Crippen LogP) is 3.71. The van der Waals surface area contributed by atoms with Crippen LogP contribution in [0.15, 0.2) is 48.5 Å². The highest BCUT2D eigenvalue weighted by Crippen LogP contribution is 2.23. The Labute approximate surface area is 158 Å². The molecule has 0 unspecified atom stereocenters. The Kier molecular flexibility index (Phi) is 7.32. The quantitative estimate of drug-likeness (QED) is 0.539. The summed E-state index contributed by atoms with van der Waals surface area (Å²) in [6.45, 7) is 3.43. The lowest BCUT2D eigenvalue weighted by Gasteiger charge is -2.22. The van der Waals surface area contributed by atoms with Crippen LogP contribution in [0.4, 0.5) is 11.4 Å². The van der Waals surface area contributed by atoms with E-state index in [2.05, 4.69) is 11.4 Å². The first-order valence-corrected chi connectivity index (χ1v) is 8.79. The molecule has 140 valence electrons. The SMILES string of the molecule is CCCN(Cc1ccc(C#N)cc1)C(=O)CCNc1ccccc1[N+](=O)[O-]. The van der Waals surface area contributed by atoms with Crippen molar-refractivity contribution < 1.29 is 9.72 Å². The van der Waals surface area contributed by atoms with E-state index < -0.39 is 4.92 Å². The summed E-state index contributed by atoms with van der Waals surface area (Å²) < 4.78 is 0. The number of nitro groups is 1. The number of nitrogens with zero attached hydrogens (tertiary/aromatic N) is 3. The number of hydrogen-bond donors (Lipinski definition) is 1. The molecule has 2 rings (SSSR count). The highest BCUT2D eigenvalue weighted by atomic mass is 16.6. The van der Waals surface area contributed by atoms with Gasteiger partial charge in [0, 0.05) is 32.1 Å². The van der Waals surface area contributed by atoms with Gasteiger partial charge in [-0.3, -0.25) is 14.9 Å². The maximum atomic E-state index is 12.6. The third-order valence-electron chi connectivity index (χ3n) is 4.06. The second-order valence-electron chi connectivity index (χ2n) is 6.08. The van der Waals surface area contributed by atoms with Crippen LogP contribution in [0, 0.1) is 21.4 Å². The first-order valence-electron chi connectivity index (χ1n) is 8.79. The molecule has 0 aliphatic carbocycles. The van der Waals surface area contributed by atoms with Crippen molar-refractivity contribution in [3.8, 4) is 6.07 Å². The van der Waals surface area contributed by atoms with Crippen LogP contribution < -0.4 is 5.32 Å². The fourth-order valence-electron chi connectivity index (χ4n) is 2.71. The predicted molar refractivity (Wildman–Crippen MR) is 103 cm³/mol. The van der Waals surface area contributed by atoms with Crippen LogP contribution in [0.3, 0.4) is 0 Å². The van der Waals surface area contributed by atoms with Crippen molar-refractivity contribution in [3.63, 3.8) is 0 Å². The zero-order valence-electron chi connectivity index (χ0n) is 15.2. The van der Waals surface area contributed by atoms with E-state index in [-0.39, 0.29) is 18.0 Å². The van der Waals surface area contributed by atoms with Crippen molar-refractivity contribution in [2.24, 2.45) is 0 Å². The van der Waals surface area contributed by atoms with Crippen LogP contribution >= 0.6 is 0 Å². The summed E-state index contributed by atoms with van der Waals surface area (Å²) in [5.74, 6) is -0.0210. The first-order chi connectivity index (χ1) is 13.0. The second-order valence-corrected chi connectivity index (χ2v) is 6.08. The molecule has 0 bridgehead atoms. The van der Waals surface area contributed by atoms with E-state index in [1.54, 1.807) is 35.2 Å². The number of carbonyl (C=O) groups is 1. The lowest BCUT2D eigenvalue weighted by molar-refractivity contribution is -0.384. The third kappa shape index (κ3) is 5.82. The maximum absolute atomic E-state index is 12.6. The molecule has 0 aliphatic heterocycles. The standard InChI is InChI=1S/C20H22N4O3/c1-2-13-23(15-17-9-7-16(14-21)8-10-17)20(25)11-12-22-18-5-3-4-6-19(18)24(26)27/h3-10,22H,2,11-13,15H2,1H3. The van der Waals surface area contributed by atoms with Crippen molar-refractivity contribution in [2.45, 2.75) is 26.3 Å². The smallest absolute Gasteiger partial charge is 0.292 e. The maximum Gasteiger partial charge on any atom is 0.292 e. The molecule has 0 aliphatic rings. The number of para-hydroxylation sites is 2. The van der Waals surface area contributed by atoms with Gasteiger partial charge >= 0.3 is 0 Å². The summed E-state index contributed by atoms with van der Waals surface area (Å²) in [6, 6.07) is 15.6. The molecule has 0 heterocycles. The van der Waals surface area contributed by atoms with E-state index in [9.17, 15) is 14.9 Å². The zero-order chi connectivity index (χ0) is 19.6. The summed E-state index contributed by atoms with van der Waals surface area (Å²) in [4.78, 5) is 24.9. The monoisotopic (exact) mass is 366 g/mol. The van der Waals surface area contributed by atoms with Gasteiger partial charge in [0.05, 0.1) is 16.6 Å². The van der Waals surface area contributed by atoms with Crippen LogP contribution in [-0.2, 0) is 11.3 Å². The van der Waals surface area contributed by atoms with Crippen LogP contribution in [0.2, 0.25) is 0 Å². The third-order valence-corrected chi connectivity index (χ3v) is 4.06. The molecule has 0 aromatic heterocycles. The molecule has 0 saturated carbocycles. The summed E-state index contributed by atoms with van der Waals surface area (Å²) in [5, 5.41) is 22.9. The molecule has 1 N–H and O–H groups in total. The summed E-state index contributed by atoms with van der Waals surface area (Å²) in [6.07, 6.45) is 1.07. The molecule has 1 amide bonds. The van der Waals surface area contributed by atoms with Gasteiger partial charge in [0.15, 0.2) is 0 Å². The lowest BCUT2D eigenvalue weighted by atomic mass is 10.1. The number of amides is 1. The van der Waals surface area contributed by atoms with E-state index >= 15 is 0 Å². The van der Waals surface area contributed by atoms with Crippen LogP contribution in [-0.4, -0.2) is 28.8 Å². The van der Waals surface area contributed by atoms with E-state index in [0.717, 1.165) is 12.0 Å². The van der Waals surface area contributed by atoms with Gasteiger partial charge in [0.25, 0.3) is 5.69 Å². The average Bonchev–Trinajstić information content (AvgIpc) is 2.68. The minimum Gasteiger partial charge on any atom is -0.379 e. The lowest BCUT2D eigenvalue weighted by Crippen LogP contribution is -2.32. The Balaban J connectivity index is 1.94. The molecule has 7 heteroatoms. The molecule has 27 heavy (non-hydrogen) atoms. The number of nitrogens with one attached hydrogen (secondary N) is 1. The highest BCUT2D eigenvalue weighted by molar-refractivity contribution is 5.77. The minimum atomic E-state index is -0.446. The van der Waals surface area contributed by atoms with Crippen LogP contribution in [0.25, 0.3) is 0 Å². The molecule has 0 saturated heterocycles. The Hall–Kier alpha value is -3.40. The summed E-state index contributed by atoms with van der Waals surface area (Å²) in [7, 11) is 0. The second kappa shape index (κ2) is 9.92. The minimum absolute atomic E-state index is 0.00653. The van der Waals surface area contributed by atoms with Gasteiger partial charge in [-0.1, -0.05) is 31.2 Å². The van der Waals surface area contributed by atoms with Crippen molar-refractivity contribution in [1.82, 2.24) is 4.90 Å². The Morgan fingerprint density at radius 2 is 1.93 bits per heavy atom. The number of nitriles is 1. The normalized spacial score (nSPS) is 10.1. The Bertz CT molecular complexity index is 828. The van der Waals surface area contributed by atoms with E-state index in [1.165, 1.54) is 6.07 Å². The molecule has 0 radical (unpaired) electrons. The van der Waals surface area contributed by atoms with Crippen LogP contribution in [0.1, 0.15) is 30.9 Å². The van der Waals surface area contributed by atoms with Gasteiger partial charge < -0.3 is 10.2 Å². The molecule has 2 aromatic rings. The largest absolute Gasteiger partial charge is 0.379 e. The van der Waals surface area contributed by atoms with E-state index in [4.69, 9.17) is 5.26 Å². The van der Waals surface area contributed by atoms with Gasteiger partial charge in [-0.2, -0.15) is 5.26 Å².